The summed E-state index contributed by atoms with van der Waals surface area (Å²) in [7, 11) is 2.04. The van der Waals surface area contributed by atoms with E-state index in [1.165, 1.54) is 19.5 Å². The highest BCUT2D eigenvalue weighted by Gasteiger charge is 2.27. The molecule has 0 aliphatic carbocycles. The summed E-state index contributed by atoms with van der Waals surface area (Å²) in [6.45, 7) is 7.55. The fourth-order valence-corrected chi connectivity index (χ4v) is 2.36. The lowest BCUT2D eigenvalue weighted by Crippen LogP contribution is -2.47. The van der Waals surface area contributed by atoms with E-state index in [2.05, 4.69) is 15.3 Å². The average molecular weight is 199 g/mol. The van der Waals surface area contributed by atoms with Gasteiger partial charge in [0.25, 0.3) is 0 Å². The van der Waals surface area contributed by atoms with Gasteiger partial charge in [-0.25, -0.2) is 10.0 Å². The molecule has 2 aliphatic heterocycles. The molecular formula is C10H21N3O. The topological polar surface area (TPSA) is 27.7 Å². The van der Waals surface area contributed by atoms with Crippen LogP contribution >= 0.6 is 0 Å². The van der Waals surface area contributed by atoms with Gasteiger partial charge in [0.2, 0.25) is 0 Å². The lowest BCUT2D eigenvalue weighted by molar-refractivity contribution is -0.0790. The Labute approximate surface area is 86.2 Å². The number of hydrogen-bond acceptors (Lipinski definition) is 4. The van der Waals surface area contributed by atoms with Gasteiger partial charge in [0, 0.05) is 26.2 Å². The number of morpholine rings is 1. The highest BCUT2D eigenvalue weighted by Crippen LogP contribution is 2.18. The van der Waals surface area contributed by atoms with E-state index in [-0.39, 0.29) is 0 Å². The molecular weight excluding hydrogens is 178 g/mol. The van der Waals surface area contributed by atoms with Crippen molar-refractivity contribution in [1.82, 2.24) is 15.3 Å². The summed E-state index contributed by atoms with van der Waals surface area (Å²) in [6.07, 6.45) is 1.33. The van der Waals surface area contributed by atoms with Crippen LogP contribution < -0.4 is 5.32 Å². The zero-order chi connectivity index (χ0) is 9.80. The summed E-state index contributed by atoms with van der Waals surface area (Å²) in [5.74, 6) is 0.836. The summed E-state index contributed by atoms with van der Waals surface area (Å²) in [6, 6.07) is 0. The number of rotatable bonds is 3. The SMILES string of the molecule is CNCC1CCN(N2CCOCC2)C1. The van der Waals surface area contributed by atoms with Crippen molar-refractivity contribution in [3.8, 4) is 0 Å². The Morgan fingerprint density at radius 1 is 1.21 bits per heavy atom. The zero-order valence-electron chi connectivity index (χ0n) is 9.04. The molecule has 1 N–H and O–H groups in total. The van der Waals surface area contributed by atoms with Gasteiger partial charge in [-0.2, -0.15) is 0 Å². The van der Waals surface area contributed by atoms with Gasteiger partial charge < -0.3 is 10.1 Å². The molecule has 2 fully saturated rings. The summed E-state index contributed by atoms with van der Waals surface area (Å²) >= 11 is 0. The first-order valence-corrected chi connectivity index (χ1v) is 5.62. The van der Waals surface area contributed by atoms with Gasteiger partial charge in [-0.05, 0) is 25.9 Å². The Morgan fingerprint density at radius 3 is 2.71 bits per heavy atom. The minimum absolute atomic E-state index is 0.836. The van der Waals surface area contributed by atoms with Crippen LogP contribution in [0, 0.1) is 5.92 Å². The van der Waals surface area contributed by atoms with Crippen LogP contribution in [-0.2, 0) is 4.74 Å². The van der Waals surface area contributed by atoms with Gasteiger partial charge >= 0.3 is 0 Å². The highest BCUT2D eigenvalue weighted by molar-refractivity contribution is 4.76. The van der Waals surface area contributed by atoms with E-state index in [4.69, 9.17) is 4.74 Å². The molecule has 0 aromatic rings. The van der Waals surface area contributed by atoms with E-state index in [9.17, 15) is 0 Å². The van der Waals surface area contributed by atoms with Crippen LogP contribution in [0.4, 0.5) is 0 Å². The van der Waals surface area contributed by atoms with Crippen LogP contribution in [0.5, 0.6) is 0 Å². The van der Waals surface area contributed by atoms with Crippen molar-refractivity contribution in [2.45, 2.75) is 6.42 Å². The highest BCUT2D eigenvalue weighted by atomic mass is 16.5. The molecule has 0 spiro atoms. The third kappa shape index (κ3) is 2.45. The van der Waals surface area contributed by atoms with Crippen LogP contribution in [0.25, 0.3) is 0 Å². The molecule has 2 rings (SSSR count). The third-order valence-corrected chi connectivity index (χ3v) is 3.14. The second-order valence-electron chi connectivity index (χ2n) is 4.19. The molecule has 2 saturated heterocycles. The monoisotopic (exact) mass is 199 g/mol. The molecule has 0 bridgehead atoms. The number of hydrazine groups is 1. The largest absolute Gasteiger partial charge is 0.379 e. The van der Waals surface area contributed by atoms with Crippen LogP contribution in [0.3, 0.4) is 0 Å². The first-order valence-electron chi connectivity index (χ1n) is 5.62. The van der Waals surface area contributed by atoms with Crippen molar-refractivity contribution in [2.24, 2.45) is 5.92 Å². The van der Waals surface area contributed by atoms with E-state index in [1.54, 1.807) is 0 Å². The Morgan fingerprint density at radius 2 is 2.00 bits per heavy atom. The predicted octanol–water partition coefficient (Wildman–Crippen LogP) is -0.225. The van der Waals surface area contributed by atoms with Gasteiger partial charge in [0.05, 0.1) is 13.2 Å². The summed E-state index contributed by atoms with van der Waals surface area (Å²) in [4.78, 5) is 0. The molecule has 4 heteroatoms. The standard InChI is InChI=1S/C10H21N3O/c1-11-8-10-2-3-13(9-10)12-4-6-14-7-5-12/h10-11H,2-9H2,1H3. The lowest BCUT2D eigenvalue weighted by Gasteiger charge is -2.34. The molecule has 4 nitrogen and oxygen atoms in total. The van der Waals surface area contributed by atoms with E-state index >= 15 is 0 Å². The number of nitrogens with zero attached hydrogens (tertiary/aromatic N) is 2. The van der Waals surface area contributed by atoms with Crippen LogP contribution in [0.2, 0.25) is 0 Å². The maximum absolute atomic E-state index is 5.35. The molecule has 0 amide bonds. The lowest BCUT2D eigenvalue weighted by atomic mass is 10.1. The Hall–Kier alpha value is -0.160. The van der Waals surface area contributed by atoms with Crippen molar-refractivity contribution >= 4 is 0 Å². The van der Waals surface area contributed by atoms with E-state index in [0.717, 1.165) is 38.8 Å². The quantitative estimate of drug-likeness (QED) is 0.680. The second kappa shape index (κ2) is 5.07. The van der Waals surface area contributed by atoms with Gasteiger partial charge in [0.1, 0.15) is 0 Å². The first kappa shape index (κ1) is 10.4. The smallest absolute Gasteiger partial charge is 0.0608 e. The van der Waals surface area contributed by atoms with E-state index in [0.29, 0.717) is 0 Å². The fourth-order valence-electron chi connectivity index (χ4n) is 2.36. The van der Waals surface area contributed by atoms with Crippen molar-refractivity contribution in [1.29, 1.82) is 0 Å². The molecule has 2 aliphatic rings. The van der Waals surface area contributed by atoms with E-state index < -0.39 is 0 Å². The van der Waals surface area contributed by atoms with Crippen molar-refractivity contribution in [3.63, 3.8) is 0 Å². The molecule has 0 radical (unpaired) electrons. The van der Waals surface area contributed by atoms with Crippen LogP contribution in [0.1, 0.15) is 6.42 Å². The maximum atomic E-state index is 5.35. The van der Waals surface area contributed by atoms with Gasteiger partial charge in [0.15, 0.2) is 0 Å². The van der Waals surface area contributed by atoms with Crippen molar-refractivity contribution in [3.05, 3.63) is 0 Å². The molecule has 0 aromatic carbocycles. The van der Waals surface area contributed by atoms with Crippen molar-refractivity contribution < 1.29 is 4.74 Å². The molecule has 1 atom stereocenters. The minimum Gasteiger partial charge on any atom is -0.379 e. The molecule has 0 saturated carbocycles. The van der Waals surface area contributed by atoms with Crippen molar-refractivity contribution in [2.75, 3.05) is 53.0 Å². The first-order chi connectivity index (χ1) is 6.90. The van der Waals surface area contributed by atoms with Gasteiger partial charge in [-0.15, -0.1) is 0 Å². The number of hydrogen-bond donors (Lipinski definition) is 1. The predicted molar refractivity (Wildman–Crippen MR) is 56.0 cm³/mol. The Balaban J connectivity index is 1.76. The van der Waals surface area contributed by atoms with Crippen LogP contribution in [0.15, 0.2) is 0 Å². The molecule has 82 valence electrons. The Bertz CT molecular complexity index is 171. The summed E-state index contributed by atoms with van der Waals surface area (Å²) in [5, 5.41) is 8.23. The number of nitrogens with one attached hydrogen (secondary N) is 1. The zero-order valence-corrected chi connectivity index (χ0v) is 9.04. The minimum atomic E-state index is 0.836. The van der Waals surface area contributed by atoms with Crippen LogP contribution in [-0.4, -0.2) is 63.0 Å². The third-order valence-electron chi connectivity index (χ3n) is 3.14. The Kier molecular flexibility index (Phi) is 3.75. The molecule has 1 unspecified atom stereocenters. The summed E-state index contributed by atoms with van der Waals surface area (Å²) in [5.41, 5.74) is 0. The van der Waals surface area contributed by atoms with Gasteiger partial charge in [-0.1, -0.05) is 0 Å². The fraction of sp³-hybridized carbons (Fsp3) is 1.00. The molecule has 0 aromatic heterocycles. The normalized spacial score (nSPS) is 31.1. The van der Waals surface area contributed by atoms with E-state index in [1.807, 2.05) is 7.05 Å². The second-order valence-corrected chi connectivity index (χ2v) is 4.19. The molecule has 2 heterocycles. The summed E-state index contributed by atoms with van der Waals surface area (Å²) < 4.78 is 5.35. The average Bonchev–Trinajstić information content (AvgIpc) is 2.68. The number of ether oxygens (including phenoxy) is 1. The molecule has 14 heavy (non-hydrogen) atoms. The van der Waals surface area contributed by atoms with Gasteiger partial charge in [-0.3, -0.25) is 0 Å². The maximum Gasteiger partial charge on any atom is 0.0608 e.